The summed E-state index contributed by atoms with van der Waals surface area (Å²) < 4.78 is 37.7. The van der Waals surface area contributed by atoms with Gasteiger partial charge in [-0.25, -0.2) is 17.1 Å². The SMILES string of the molecule is CCN(C(=O)C1CCCN(S(C)(=O)=O)C1)c1ccc(F)cc1. The summed E-state index contributed by atoms with van der Waals surface area (Å²) >= 11 is 0. The number of rotatable bonds is 4. The maximum atomic E-state index is 13.0. The predicted octanol–water partition coefficient (Wildman–Crippen LogP) is 1.85. The lowest BCUT2D eigenvalue weighted by Gasteiger charge is -2.33. The molecule has 0 N–H and O–H groups in total. The number of benzene rings is 1. The fourth-order valence-electron chi connectivity index (χ4n) is 2.75. The number of carbonyl (C=O) groups excluding carboxylic acids is 1. The maximum Gasteiger partial charge on any atom is 0.231 e. The number of hydrogen-bond donors (Lipinski definition) is 0. The molecule has 0 aliphatic carbocycles. The van der Waals surface area contributed by atoms with Crippen LogP contribution in [0.25, 0.3) is 0 Å². The van der Waals surface area contributed by atoms with Crippen molar-refractivity contribution >= 4 is 21.6 Å². The average molecular weight is 328 g/mol. The van der Waals surface area contributed by atoms with Crippen LogP contribution in [-0.2, 0) is 14.8 Å². The number of anilines is 1. The van der Waals surface area contributed by atoms with Crippen molar-refractivity contribution < 1.29 is 17.6 Å². The van der Waals surface area contributed by atoms with Gasteiger partial charge in [0.2, 0.25) is 15.9 Å². The molecular formula is C15H21FN2O3S. The lowest BCUT2D eigenvalue weighted by Crippen LogP contribution is -2.46. The van der Waals surface area contributed by atoms with Gasteiger partial charge in [0.05, 0.1) is 12.2 Å². The Morgan fingerprint density at radius 2 is 2.00 bits per heavy atom. The molecule has 0 bridgehead atoms. The van der Waals surface area contributed by atoms with Crippen LogP contribution in [0, 0.1) is 11.7 Å². The van der Waals surface area contributed by atoms with Crippen molar-refractivity contribution in [1.82, 2.24) is 4.31 Å². The molecule has 1 amide bonds. The summed E-state index contributed by atoms with van der Waals surface area (Å²) in [5, 5.41) is 0. The Labute approximate surface area is 130 Å². The Hall–Kier alpha value is -1.47. The maximum absolute atomic E-state index is 13.0. The monoisotopic (exact) mass is 328 g/mol. The van der Waals surface area contributed by atoms with Gasteiger partial charge in [0.1, 0.15) is 5.82 Å². The molecular weight excluding hydrogens is 307 g/mol. The second-order valence-electron chi connectivity index (χ2n) is 5.52. The number of piperidine rings is 1. The summed E-state index contributed by atoms with van der Waals surface area (Å²) in [4.78, 5) is 14.3. The van der Waals surface area contributed by atoms with Crippen molar-refractivity contribution in [3.05, 3.63) is 30.1 Å². The molecule has 1 aliphatic rings. The van der Waals surface area contributed by atoms with E-state index in [2.05, 4.69) is 0 Å². The minimum atomic E-state index is -3.28. The molecule has 5 nitrogen and oxygen atoms in total. The number of amides is 1. The Kier molecular flexibility index (Phi) is 5.18. The number of halogens is 1. The van der Waals surface area contributed by atoms with E-state index in [4.69, 9.17) is 0 Å². The van der Waals surface area contributed by atoms with Crippen molar-refractivity contribution in [2.24, 2.45) is 5.92 Å². The third-order valence-corrected chi connectivity index (χ3v) is 5.19. The first-order valence-electron chi connectivity index (χ1n) is 7.35. The van der Waals surface area contributed by atoms with Gasteiger partial charge in [0.15, 0.2) is 0 Å². The van der Waals surface area contributed by atoms with Crippen LogP contribution in [0.4, 0.5) is 10.1 Å². The Morgan fingerprint density at radius 3 is 2.55 bits per heavy atom. The molecule has 22 heavy (non-hydrogen) atoms. The molecule has 1 aromatic carbocycles. The fraction of sp³-hybridized carbons (Fsp3) is 0.533. The van der Waals surface area contributed by atoms with E-state index in [-0.39, 0.29) is 24.2 Å². The van der Waals surface area contributed by atoms with Gasteiger partial charge in [-0.1, -0.05) is 0 Å². The Bertz CT molecular complexity index is 631. The first-order valence-corrected chi connectivity index (χ1v) is 9.20. The molecule has 1 heterocycles. The molecule has 0 spiro atoms. The summed E-state index contributed by atoms with van der Waals surface area (Å²) in [6.07, 6.45) is 2.50. The third kappa shape index (κ3) is 3.84. The average Bonchev–Trinajstić information content (AvgIpc) is 2.49. The number of hydrogen-bond acceptors (Lipinski definition) is 3. The van der Waals surface area contributed by atoms with Crippen molar-refractivity contribution in [3.63, 3.8) is 0 Å². The Balaban J connectivity index is 2.16. The van der Waals surface area contributed by atoms with E-state index in [1.54, 1.807) is 17.0 Å². The van der Waals surface area contributed by atoms with Crippen LogP contribution in [0.15, 0.2) is 24.3 Å². The lowest BCUT2D eigenvalue weighted by molar-refractivity contribution is -0.123. The molecule has 122 valence electrons. The van der Waals surface area contributed by atoms with E-state index in [0.717, 1.165) is 6.26 Å². The van der Waals surface area contributed by atoms with Gasteiger partial charge in [-0.05, 0) is 44.0 Å². The van der Waals surface area contributed by atoms with Crippen LogP contribution < -0.4 is 4.90 Å². The van der Waals surface area contributed by atoms with Crippen LogP contribution in [0.2, 0.25) is 0 Å². The molecule has 0 radical (unpaired) electrons. The second kappa shape index (κ2) is 6.75. The number of carbonyl (C=O) groups is 1. The quantitative estimate of drug-likeness (QED) is 0.847. The standard InChI is InChI=1S/C15H21FN2O3S/c1-3-18(14-8-6-13(16)7-9-14)15(19)12-5-4-10-17(11-12)22(2,20)21/h6-9,12H,3-5,10-11H2,1-2H3. The highest BCUT2D eigenvalue weighted by Gasteiger charge is 2.32. The van der Waals surface area contributed by atoms with Gasteiger partial charge < -0.3 is 4.90 Å². The van der Waals surface area contributed by atoms with Crippen molar-refractivity contribution in [1.29, 1.82) is 0 Å². The van der Waals surface area contributed by atoms with E-state index in [0.29, 0.717) is 31.6 Å². The van der Waals surface area contributed by atoms with Crippen LogP contribution in [0.3, 0.4) is 0 Å². The smallest absolute Gasteiger partial charge is 0.231 e. The van der Waals surface area contributed by atoms with Crippen molar-refractivity contribution in [3.8, 4) is 0 Å². The molecule has 7 heteroatoms. The highest BCUT2D eigenvalue weighted by molar-refractivity contribution is 7.88. The molecule has 1 fully saturated rings. The molecule has 2 rings (SSSR count). The van der Waals surface area contributed by atoms with E-state index in [1.807, 2.05) is 6.92 Å². The predicted molar refractivity (Wildman–Crippen MR) is 83.6 cm³/mol. The summed E-state index contributed by atoms with van der Waals surface area (Å²) in [5.41, 5.74) is 0.630. The van der Waals surface area contributed by atoms with E-state index in [9.17, 15) is 17.6 Å². The molecule has 1 aromatic rings. The number of nitrogens with zero attached hydrogens (tertiary/aromatic N) is 2. The first-order chi connectivity index (χ1) is 10.3. The van der Waals surface area contributed by atoms with E-state index >= 15 is 0 Å². The Morgan fingerprint density at radius 1 is 1.36 bits per heavy atom. The lowest BCUT2D eigenvalue weighted by atomic mass is 9.97. The second-order valence-corrected chi connectivity index (χ2v) is 7.50. The van der Waals surface area contributed by atoms with Gasteiger partial charge in [0.25, 0.3) is 0 Å². The van der Waals surface area contributed by atoms with Gasteiger partial charge >= 0.3 is 0 Å². The summed E-state index contributed by atoms with van der Waals surface area (Å²) in [7, 11) is -3.28. The first kappa shape index (κ1) is 16.9. The zero-order chi connectivity index (χ0) is 16.3. The van der Waals surface area contributed by atoms with Crippen LogP contribution >= 0.6 is 0 Å². The zero-order valence-corrected chi connectivity index (χ0v) is 13.6. The van der Waals surface area contributed by atoms with E-state index < -0.39 is 10.0 Å². The summed E-state index contributed by atoms with van der Waals surface area (Å²) in [6, 6.07) is 5.76. The van der Waals surface area contributed by atoms with Crippen molar-refractivity contribution in [2.75, 3.05) is 30.8 Å². The van der Waals surface area contributed by atoms with Gasteiger partial charge in [-0.15, -0.1) is 0 Å². The third-order valence-electron chi connectivity index (χ3n) is 3.92. The highest BCUT2D eigenvalue weighted by atomic mass is 32.2. The normalized spacial score (nSPS) is 19.9. The molecule has 0 saturated carbocycles. The topological polar surface area (TPSA) is 57.7 Å². The molecule has 1 atom stereocenters. The van der Waals surface area contributed by atoms with Crippen LogP contribution in [0.1, 0.15) is 19.8 Å². The number of sulfonamides is 1. The van der Waals surface area contributed by atoms with Gasteiger partial charge in [-0.3, -0.25) is 4.79 Å². The molecule has 1 saturated heterocycles. The van der Waals surface area contributed by atoms with Gasteiger partial charge in [0, 0.05) is 25.3 Å². The van der Waals surface area contributed by atoms with E-state index in [1.165, 1.54) is 16.4 Å². The molecule has 1 unspecified atom stereocenters. The van der Waals surface area contributed by atoms with Crippen molar-refractivity contribution in [2.45, 2.75) is 19.8 Å². The van der Waals surface area contributed by atoms with Crippen LogP contribution in [0.5, 0.6) is 0 Å². The summed E-state index contributed by atoms with van der Waals surface area (Å²) in [5.74, 6) is -0.816. The molecule has 1 aliphatic heterocycles. The summed E-state index contributed by atoms with van der Waals surface area (Å²) in [6.45, 7) is 2.99. The minimum Gasteiger partial charge on any atom is -0.312 e. The largest absolute Gasteiger partial charge is 0.312 e. The molecule has 0 aromatic heterocycles. The fourth-order valence-corrected chi connectivity index (χ4v) is 3.66. The minimum absolute atomic E-state index is 0.109. The van der Waals surface area contributed by atoms with Gasteiger partial charge in [-0.2, -0.15) is 0 Å². The zero-order valence-electron chi connectivity index (χ0n) is 12.8. The van der Waals surface area contributed by atoms with Crippen LogP contribution in [-0.4, -0.2) is 44.5 Å². The highest BCUT2D eigenvalue weighted by Crippen LogP contribution is 2.24.